The van der Waals surface area contributed by atoms with Crippen molar-refractivity contribution in [3.8, 4) is 5.75 Å². The van der Waals surface area contributed by atoms with E-state index in [4.69, 9.17) is 4.74 Å². The standard InChI is InChI=1S/C16H20O3/c1-3-19-14-7-4-12(5-8-14)13-6-9-15(11(2)17)16(18)10-13/h4-5,7-8,13,15H,3,6,9-10H2,1-2H3/t13-,15-/m0/s1. The summed E-state index contributed by atoms with van der Waals surface area (Å²) < 4.78 is 5.41. The predicted octanol–water partition coefficient (Wildman–Crippen LogP) is 3.13. The van der Waals surface area contributed by atoms with Gasteiger partial charge >= 0.3 is 0 Å². The third-order valence-corrected chi connectivity index (χ3v) is 3.79. The molecule has 0 N–H and O–H groups in total. The summed E-state index contributed by atoms with van der Waals surface area (Å²) in [6.45, 7) is 4.12. The molecular formula is C16H20O3. The quantitative estimate of drug-likeness (QED) is 0.781. The van der Waals surface area contributed by atoms with Gasteiger partial charge in [-0.3, -0.25) is 9.59 Å². The topological polar surface area (TPSA) is 43.4 Å². The van der Waals surface area contributed by atoms with Crippen molar-refractivity contribution in [3.05, 3.63) is 29.8 Å². The van der Waals surface area contributed by atoms with Crippen LogP contribution in [0.1, 0.15) is 44.6 Å². The molecule has 1 saturated carbocycles. The maximum absolute atomic E-state index is 11.9. The van der Waals surface area contributed by atoms with E-state index >= 15 is 0 Å². The summed E-state index contributed by atoms with van der Waals surface area (Å²) in [5.41, 5.74) is 1.17. The Labute approximate surface area is 114 Å². The lowest BCUT2D eigenvalue weighted by molar-refractivity contribution is -0.133. The largest absolute Gasteiger partial charge is 0.494 e. The zero-order valence-electron chi connectivity index (χ0n) is 11.5. The smallest absolute Gasteiger partial charge is 0.143 e. The van der Waals surface area contributed by atoms with Crippen molar-refractivity contribution in [2.24, 2.45) is 5.92 Å². The first-order valence-electron chi connectivity index (χ1n) is 6.87. The molecule has 1 aliphatic rings. The Balaban J connectivity index is 2.04. The molecule has 2 rings (SSSR count). The maximum atomic E-state index is 11.9. The number of hydrogen-bond donors (Lipinski definition) is 0. The molecule has 1 fully saturated rings. The number of hydrogen-bond acceptors (Lipinski definition) is 3. The Morgan fingerprint density at radius 3 is 2.47 bits per heavy atom. The monoisotopic (exact) mass is 260 g/mol. The number of carbonyl (C=O) groups is 2. The number of Topliss-reactive ketones (excluding diaryl/α,β-unsaturated/α-hetero) is 2. The molecule has 0 heterocycles. The van der Waals surface area contributed by atoms with Gasteiger partial charge < -0.3 is 4.74 Å². The van der Waals surface area contributed by atoms with E-state index in [2.05, 4.69) is 0 Å². The van der Waals surface area contributed by atoms with E-state index in [1.165, 1.54) is 12.5 Å². The molecule has 0 bridgehead atoms. The molecule has 2 atom stereocenters. The molecular weight excluding hydrogens is 240 g/mol. The van der Waals surface area contributed by atoms with Crippen molar-refractivity contribution in [2.45, 2.75) is 39.0 Å². The van der Waals surface area contributed by atoms with E-state index in [1.54, 1.807) is 0 Å². The molecule has 0 radical (unpaired) electrons. The number of carbonyl (C=O) groups excluding carboxylic acids is 2. The van der Waals surface area contributed by atoms with Crippen LogP contribution in [0.25, 0.3) is 0 Å². The maximum Gasteiger partial charge on any atom is 0.143 e. The van der Waals surface area contributed by atoms with Crippen LogP contribution in [0.4, 0.5) is 0 Å². The van der Waals surface area contributed by atoms with E-state index < -0.39 is 0 Å². The minimum Gasteiger partial charge on any atom is -0.494 e. The third kappa shape index (κ3) is 3.22. The first kappa shape index (κ1) is 13.8. The molecule has 1 aromatic carbocycles. The summed E-state index contributed by atoms with van der Waals surface area (Å²) in [4.78, 5) is 23.3. The highest BCUT2D eigenvalue weighted by Gasteiger charge is 2.31. The van der Waals surface area contributed by atoms with E-state index in [0.717, 1.165) is 12.2 Å². The minimum absolute atomic E-state index is 0.00939. The fourth-order valence-electron chi connectivity index (χ4n) is 2.73. The molecule has 3 heteroatoms. The van der Waals surface area contributed by atoms with Gasteiger partial charge in [0, 0.05) is 6.42 Å². The van der Waals surface area contributed by atoms with Crippen LogP contribution in [0.3, 0.4) is 0 Å². The summed E-state index contributed by atoms with van der Waals surface area (Å²) in [6, 6.07) is 7.94. The SMILES string of the molecule is CCOc1ccc([C@H]2CC[C@@H](C(C)=O)C(=O)C2)cc1. The highest BCUT2D eigenvalue weighted by Crippen LogP contribution is 2.34. The van der Waals surface area contributed by atoms with Gasteiger partial charge in [0.15, 0.2) is 0 Å². The van der Waals surface area contributed by atoms with Crippen LogP contribution < -0.4 is 4.74 Å². The van der Waals surface area contributed by atoms with Crippen LogP contribution in [0.5, 0.6) is 5.75 Å². The number of ketones is 2. The first-order chi connectivity index (χ1) is 9.11. The van der Waals surface area contributed by atoms with Gasteiger partial charge in [-0.2, -0.15) is 0 Å². The van der Waals surface area contributed by atoms with Crippen LogP contribution in [-0.4, -0.2) is 18.2 Å². The van der Waals surface area contributed by atoms with Crippen LogP contribution >= 0.6 is 0 Å². The zero-order chi connectivity index (χ0) is 13.8. The lowest BCUT2D eigenvalue weighted by atomic mass is 9.76. The van der Waals surface area contributed by atoms with Crippen LogP contribution in [0, 0.1) is 5.92 Å². The summed E-state index contributed by atoms with van der Waals surface area (Å²) in [6.07, 6.45) is 2.08. The summed E-state index contributed by atoms with van der Waals surface area (Å²) >= 11 is 0. The Kier molecular flexibility index (Phi) is 4.35. The second kappa shape index (κ2) is 6.00. The highest BCUT2D eigenvalue weighted by atomic mass is 16.5. The van der Waals surface area contributed by atoms with Crippen molar-refractivity contribution in [1.82, 2.24) is 0 Å². The summed E-state index contributed by atoms with van der Waals surface area (Å²) in [7, 11) is 0. The zero-order valence-corrected chi connectivity index (χ0v) is 11.5. The lowest BCUT2D eigenvalue weighted by Crippen LogP contribution is -2.28. The average Bonchev–Trinajstić information content (AvgIpc) is 2.39. The molecule has 0 aliphatic heterocycles. The van der Waals surface area contributed by atoms with Crippen molar-refractivity contribution in [2.75, 3.05) is 6.61 Å². The van der Waals surface area contributed by atoms with Crippen molar-refractivity contribution >= 4 is 11.6 Å². The summed E-state index contributed by atoms with van der Waals surface area (Å²) in [5, 5.41) is 0. The van der Waals surface area contributed by atoms with Crippen LogP contribution in [0.15, 0.2) is 24.3 Å². The predicted molar refractivity (Wildman–Crippen MR) is 73.4 cm³/mol. The molecule has 0 aromatic heterocycles. The van der Waals surface area contributed by atoms with E-state index in [9.17, 15) is 9.59 Å². The van der Waals surface area contributed by atoms with Gasteiger partial charge in [0.2, 0.25) is 0 Å². The van der Waals surface area contributed by atoms with Gasteiger partial charge in [0.05, 0.1) is 12.5 Å². The fourth-order valence-corrected chi connectivity index (χ4v) is 2.73. The highest BCUT2D eigenvalue weighted by molar-refractivity contribution is 6.02. The summed E-state index contributed by atoms with van der Waals surface area (Å²) in [5.74, 6) is 0.848. The Morgan fingerprint density at radius 2 is 1.95 bits per heavy atom. The van der Waals surface area contributed by atoms with Gasteiger partial charge in [0.1, 0.15) is 17.3 Å². The molecule has 0 saturated heterocycles. The Bertz CT molecular complexity index is 461. The van der Waals surface area contributed by atoms with Crippen LogP contribution in [0.2, 0.25) is 0 Å². The van der Waals surface area contributed by atoms with Gasteiger partial charge in [0.25, 0.3) is 0 Å². The van der Waals surface area contributed by atoms with Crippen molar-refractivity contribution in [3.63, 3.8) is 0 Å². The van der Waals surface area contributed by atoms with Crippen molar-refractivity contribution < 1.29 is 14.3 Å². The molecule has 19 heavy (non-hydrogen) atoms. The first-order valence-corrected chi connectivity index (χ1v) is 6.87. The number of ether oxygens (including phenoxy) is 1. The molecule has 0 spiro atoms. The molecule has 1 aromatic rings. The molecule has 3 nitrogen and oxygen atoms in total. The molecule has 102 valence electrons. The van der Waals surface area contributed by atoms with Gasteiger partial charge in [-0.05, 0) is 50.3 Å². The van der Waals surface area contributed by atoms with Gasteiger partial charge in [-0.1, -0.05) is 12.1 Å². The Morgan fingerprint density at radius 1 is 1.26 bits per heavy atom. The van der Waals surface area contributed by atoms with Gasteiger partial charge in [-0.15, -0.1) is 0 Å². The number of rotatable bonds is 4. The van der Waals surface area contributed by atoms with Crippen LogP contribution in [-0.2, 0) is 9.59 Å². The minimum atomic E-state index is -0.362. The van der Waals surface area contributed by atoms with E-state index in [0.29, 0.717) is 19.4 Å². The molecule has 0 amide bonds. The third-order valence-electron chi connectivity index (χ3n) is 3.79. The van der Waals surface area contributed by atoms with E-state index in [1.807, 2.05) is 31.2 Å². The van der Waals surface area contributed by atoms with Gasteiger partial charge in [-0.25, -0.2) is 0 Å². The second-order valence-electron chi connectivity index (χ2n) is 5.11. The second-order valence-corrected chi connectivity index (χ2v) is 5.11. The fraction of sp³-hybridized carbons (Fsp3) is 0.500. The molecule has 0 unspecified atom stereocenters. The lowest BCUT2D eigenvalue weighted by Gasteiger charge is -2.26. The Hall–Kier alpha value is -1.64. The average molecular weight is 260 g/mol. The number of benzene rings is 1. The normalized spacial score (nSPS) is 23.2. The van der Waals surface area contributed by atoms with E-state index in [-0.39, 0.29) is 23.4 Å². The van der Waals surface area contributed by atoms with Crippen molar-refractivity contribution in [1.29, 1.82) is 0 Å². The molecule has 1 aliphatic carbocycles.